The first-order chi connectivity index (χ1) is 17.4. The SMILES string of the molecule is C=C/C(=C\C)S(=O)(=O)c1ccccc1NCC(=O)N1CCC2CCN(c3ncnc4[nH]ccc34)C2C1. The molecular weight excluding hydrogens is 476 g/mol. The van der Waals surface area contributed by atoms with Gasteiger partial charge in [-0.3, -0.25) is 4.79 Å². The summed E-state index contributed by atoms with van der Waals surface area (Å²) in [6, 6.07) is 8.82. The number of fused-ring (bicyclic) bond motifs is 2. The van der Waals surface area contributed by atoms with Gasteiger partial charge in [-0.15, -0.1) is 0 Å². The highest BCUT2D eigenvalue weighted by Gasteiger charge is 2.40. The van der Waals surface area contributed by atoms with Gasteiger partial charge in [-0.25, -0.2) is 18.4 Å². The summed E-state index contributed by atoms with van der Waals surface area (Å²) in [6.45, 7) is 7.49. The maximum atomic E-state index is 13.2. The summed E-state index contributed by atoms with van der Waals surface area (Å²) in [6.07, 6.45) is 8.29. The monoisotopic (exact) mass is 506 g/mol. The molecule has 0 aliphatic carbocycles. The number of hydrogen-bond acceptors (Lipinski definition) is 7. The molecule has 10 heteroatoms. The lowest BCUT2D eigenvalue weighted by molar-refractivity contribution is -0.130. The average Bonchev–Trinajstić information content (AvgIpc) is 3.54. The topological polar surface area (TPSA) is 111 Å². The van der Waals surface area contributed by atoms with Crippen molar-refractivity contribution in [1.29, 1.82) is 0 Å². The molecular formula is C26H30N6O3S. The standard InChI is InChI=1S/C26H30N6O3S/c1-3-19(4-2)36(34,35)23-8-6-5-7-21(23)28-15-24(33)31-13-10-18-11-14-32(22(18)16-31)26-20-9-12-27-25(20)29-17-30-26/h3-9,12,17-18,22,28H,1,10-11,13-16H2,2H3,(H,27,29,30)/b19-4+. The number of amides is 1. The van der Waals surface area contributed by atoms with Crippen molar-refractivity contribution in [3.63, 3.8) is 0 Å². The molecule has 0 bridgehead atoms. The molecule has 1 amide bonds. The Morgan fingerprint density at radius 1 is 1.22 bits per heavy atom. The summed E-state index contributed by atoms with van der Waals surface area (Å²) >= 11 is 0. The van der Waals surface area contributed by atoms with Crippen LogP contribution in [0.4, 0.5) is 11.5 Å². The van der Waals surface area contributed by atoms with Crippen LogP contribution in [0.5, 0.6) is 0 Å². The zero-order chi connectivity index (χ0) is 25.3. The van der Waals surface area contributed by atoms with Crippen LogP contribution in [0.3, 0.4) is 0 Å². The Labute approximate surface area is 210 Å². The van der Waals surface area contributed by atoms with Crippen LogP contribution >= 0.6 is 0 Å². The molecule has 0 saturated carbocycles. The Kier molecular flexibility index (Phi) is 6.53. The van der Waals surface area contributed by atoms with Gasteiger partial charge in [0.15, 0.2) is 0 Å². The van der Waals surface area contributed by atoms with E-state index < -0.39 is 9.84 Å². The normalized spacial score (nSPS) is 20.4. The number of rotatable bonds is 7. The molecule has 2 aliphatic rings. The van der Waals surface area contributed by atoms with Crippen molar-refractivity contribution < 1.29 is 13.2 Å². The predicted octanol–water partition coefficient (Wildman–Crippen LogP) is 3.36. The first-order valence-electron chi connectivity index (χ1n) is 12.1. The lowest BCUT2D eigenvalue weighted by Crippen LogP contribution is -2.51. The first-order valence-corrected chi connectivity index (χ1v) is 13.6. The smallest absolute Gasteiger partial charge is 0.241 e. The number of anilines is 2. The van der Waals surface area contributed by atoms with E-state index >= 15 is 0 Å². The van der Waals surface area contributed by atoms with E-state index in [9.17, 15) is 13.2 Å². The molecule has 9 nitrogen and oxygen atoms in total. The Hall–Kier alpha value is -3.66. The van der Waals surface area contributed by atoms with Crippen molar-refractivity contribution in [1.82, 2.24) is 19.9 Å². The molecule has 4 heterocycles. The van der Waals surface area contributed by atoms with Crippen LogP contribution in [0.1, 0.15) is 19.8 Å². The van der Waals surface area contributed by atoms with Gasteiger partial charge in [-0.05, 0) is 43.9 Å². The van der Waals surface area contributed by atoms with Gasteiger partial charge in [0.25, 0.3) is 0 Å². The molecule has 2 aliphatic heterocycles. The summed E-state index contributed by atoms with van der Waals surface area (Å²) < 4.78 is 26.1. The van der Waals surface area contributed by atoms with Crippen LogP contribution in [0.2, 0.25) is 0 Å². The van der Waals surface area contributed by atoms with Crippen LogP contribution in [0.25, 0.3) is 11.0 Å². The number of aromatic amines is 1. The molecule has 0 radical (unpaired) electrons. The zero-order valence-electron chi connectivity index (χ0n) is 20.2. The zero-order valence-corrected chi connectivity index (χ0v) is 21.0. The second-order valence-corrected chi connectivity index (χ2v) is 11.0. The summed E-state index contributed by atoms with van der Waals surface area (Å²) in [5.74, 6) is 1.36. The molecule has 188 valence electrons. The molecule has 5 rings (SSSR count). The third kappa shape index (κ3) is 4.26. The number of H-pyrrole nitrogens is 1. The molecule has 0 spiro atoms. The summed E-state index contributed by atoms with van der Waals surface area (Å²) in [7, 11) is -3.73. The van der Waals surface area contributed by atoms with Gasteiger partial charge in [-0.1, -0.05) is 30.9 Å². The van der Waals surface area contributed by atoms with E-state index in [4.69, 9.17) is 0 Å². The number of piperidine rings is 1. The Morgan fingerprint density at radius 3 is 2.83 bits per heavy atom. The number of hydrogen-bond donors (Lipinski definition) is 2. The average molecular weight is 507 g/mol. The summed E-state index contributed by atoms with van der Waals surface area (Å²) in [4.78, 5) is 29.7. The molecule has 3 aromatic rings. The predicted molar refractivity (Wildman–Crippen MR) is 140 cm³/mol. The van der Waals surface area contributed by atoms with Gasteiger partial charge in [0.1, 0.15) is 17.8 Å². The fraction of sp³-hybridized carbons (Fsp3) is 0.346. The van der Waals surface area contributed by atoms with Crippen molar-refractivity contribution in [2.45, 2.75) is 30.7 Å². The van der Waals surface area contributed by atoms with Crippen molar-refractivity contribution in [2.75, 3.05) is 36.4 Å². The molecule has 2 fully saturated rings. The number of likely N-dealkylation sites (tertiary alicyclic amines) is 1. The van der Waals surface area contributed by atoms with Crippen LogP contribution in [0, 0.1) is 5.92 Å². The van der Waals surface area contributed by atoms with Crippen LogP contribution in [-0.4, -0.2) is 66.4 Å². The van der Waals surface area contributed by atoms with Crippen LogP contribution < -0.4 is 10.2 Å². The molecule has 1 aromatic carbocycles. The van der Waals surface area contributed by atoms with E-state index in [1.165, 1.54) is 12.2 Å². The van der Waals surface area contributed by atoms with Gasteiger partial charge < -0.3 is 20.1 Å². The third-order valence-electron chi connectivity index (χ3n) is 7.22. The second-order valence-electron chi connectivity index (χ2n) is 9.12. The summed E-state index contributed by atoms with van der Waals surface area (Å²) in [5.41, 5.74) is 1.21. The van der Waals surface area contributed by atoms with E-state index in [0.29, 0.717) is 24.7 Å². The Balaban J connectivity index is 1.30. The van der Waals surface area contributed by atoms with Gasteiger partial charge in [0, 0.05) is 25.8 Å². The number of sulfone groups is 1. The van der Waals surface area contributed by atoms with E-state index in [-0.39, 0.29) is 28.3 Å². The second kappa shape index (κ2) is 9.77. The van der Waals surface area contributed by atoms with Gasteiger partial charge in [0.2, 0.25) is 15.7 Å². The number of aromatic nitrogens is 3. The number of nitrogens with zero attached hydrogens (tertiary/aromatic N) is 4. The number of carbonyl (C=O) groups is 1. The Bertz CT molecular complexity index is 1430. The number of nitrogens with one attached hydrogen (secondary N) is 2. The highest BCUT2D eigenvalue weighted by atomic mass is 32.2. The largest absolute Gasteiger partial charge is 0.375 e. The first kappa shape index (κ1) is 24.1. The minimum atomic E-state index is -3.73. The van der Waals surface area contributed by atoms with E-state index in [1.54, 1.807) is 37.5 Å². The fourth-order valence-electron chi connectivity index (χ4n) is 5.36. The van der Waals surface area contributed by atoms with E-state index in [1.807, 2.05) is 17.2 Å². The van der Waals surface area contributed by atoms with E-state index in [0.717, 1.165) is 36.2 Å². The van der Waals surface area contributed by atoms with Gasteiger partial charge in [-0.2, -0.15) is 0 Å². The van der Waals surface area contributed by atoms with Crippen molar-refractivity contribution in [2.24, 2.45) is 5.92 Å². The fourth-order valence-corrected chi connectivity index (χ4v) is 6.83. The molecule has 36 heavy (non-hydrogen) atoms. The molecule has 2 N–H and O–H groups in total. The highest BCUT2D eigenvalue weighted by molar-refractivity contribution is 7.95. The maximum Gasteiger partial charge on any atom is 0.241 e. The molecule has 2 saturated heterocycles. The number of allylic oxidation sites excluding steroid dienone is 2. The van der Waals surface area contributed by atoms with E-state index in [2.05, 4.69) is 31.7 Å². The lowest BCUT2D eigenvalue weighted by Gasteiger charge is -2.39. The number of para-hydroxylation sites is 1. The number of benzene rings is 1. The molecule has 2 atom stereocenters. The Morgan fingerprint density at radius 2 is 2.03 bits per heavy atom. The molecule has 2 unspecified atom stereocenters. The summed E-state index contributed by atoms with van der Waals surface area (Å²) in [5, 5.41) is 4.06. The van der Waals surface area contributed by atoms with Gasteiger partial charge in [0.05, 0.1) is 33.5 Å². The van der Waals surface area contributed by atoms with Crippen LogP contribution in [0.15, 0.2) is 71.4 Å². The van der Waals surface area contributed by atoms with Gasteiger partial charge >= 0.3 is 0 Å². The maximum absolute atomic E-state index is 13.2. The quantitative estimate of drug-likeness (QED) is 0.473. The number of carbonyl (C=O) groups excluding carboxylic acids is 1. The van der Waals surface area contributed by atoms with Crippen molar-refractivity contribution >= 4 is 38.3 Å². The minimum Gasteiger partial charge on any atom is -0.375 e. The molecule has 2 aromatic heterocycles. The van der Waals surface area contributed by atoms with Crippen molar-refractivity contribution in [3.8, 4) is 0 Å². The van der Waals surface area contributed by atoms with Crippen molar-refractivity contribution in [3.05, 3.63) is 66.5 Å². The lowest BCUT2D eigenvalue weighted by atomic mass is 9.92. The van der Waals surface area contributed by atoms with Crippen LogP contribution in [-0.2, 0) is 14.6 Å². The minimum absolute atomic E-state index is 0.0126. The highest BCUT2D eigenvalue weighted by Crippen LogP contribution is 2.36. The third-order valence-corrected chi connectivity index (χ3v) is 9.18.